The van der Waals surface area contributed by atoms with E-state index < -0.39 is 0 Å². The number of nitrogens with zero attached hydrogens (tertiary/aromatic N) is 3. The first-order chi connectivity index (χ1) is 16.7. The third-order valence-electron chi connectivity index (χ3n) is 7.24. The summed E-state index contributed by atoms with van der Waals surface area (Å²) in [4.78, 5) is 14.4. The van der Waals surface area contributed by atoms with Crippen LogP contribution in [0.4, 0.5) is 16.2 Å². The Balaban J connectivity index is 1.39. The van der Waals surface area contributed by atoms with Gasteiger partial charge >= 0.3 is 6.03 Å². The Hall–Kier alpha value is -3.50. The molecular weight excluding hydrogens is 426 g/mol. The number of fused-ring (bicyclic) bond motifs is 1. The molecule has 3 fully saturated rings. The summed E-state index contributed by atoms with van der Waals surface area (Å²) in [5.74, 6) is 0. The van der Waals surface area contributed by atoms with Gasteiger partial charge in [-0.15, -0.1) is 0 Å². The lowest BCUT2D eigenvalue weighted by molar-refractivity contribution is 0.122. The highest BCUT2D eigenvalue weighted by molar-refractivity contribution is 5.97. The number of amides is 2. The van der Waals surface area contributed by atoms with Crippen LogP contribution in [0, 0.1) is 11.3 Å². The van der Waals surface area contributed by atoms with Crippen LogP contribution in [0.3, 0.4) is 0 Å². The molecule has 2 N–H and O–H groups in total. The number of hydrogen-bond donors (Lipinski definition) is 2. The molecule has 7 nitrogen and oxygen atoms in total. The third-order valence-corrected chi connectivity index (χ3v) is 7.24. The van der Waals surface area contributed by atoms with Crippen LogP contribution < -0.4 is 15.5 Å². The van der Waals surface area contributed by atoms with E-state index >= 15 is 0 Å². The van der Waals surface area contributed by atoms with Crippen LogP contribution >= 0.6 is 0 Å². The van der Waals surface area contributed by atoms with E-state index in [2.05, 4.69) is 44.4 Å². The Bertz CT molecular complexity index is 1260. The minimum Gasteiger partial charge on any atom is -0.378 e. The highest BCUT2D eigenvalue weighted by Crippen LogP contribution is 2.43. The van der Waals surface area contributed by atoms with Crippen LogP contribution in [0.1, 0.15) is 43.7 Å². The standard InChI is InChI=1S/C27H29N5O2/c28-17-24-23-16-22(31-12-14-34-15-13-31)10-11-25(23)32(21-2-1-3-21)26(24)18-4-6-19(7-5-18)29-27(33)30-20-8-9-20/h4-7,10-11,16,20-21H,1-3,8-9,12-15H2,(H2,29,30,33). The molecule has 34 heavy (non-hydrogen) atoms. The Labute approximate surface area is 199 Å². The second-order valence-electron chi connectivity index (χ2n) is 9.54. The van der Waals surface area contributed by atoms with Crippen LogP contribution in [0.5, 0.6) is 0 Å². The number of hydrogen-bond acceptors (Lipinski definition) is 4. The molecule has 0 spiro atoms. The number of benzene rings is 2. The lowest BCUT2D eigenvalue weighted by Crippen LogP contribution is -2.36. The molecular formula is C27H29N5O2. The van der Waals surface area contributed by atoms with E-state index in [9.17, 15) is 10.1 Å². The molecule has 7 heteroatoms. The summed E-state index contributed by atoms with van der Waals surface area (Å²) in [7, 11) is 0. The van der Waals surface area contributed by atoms with E-state index in [1.807, 2.05) is 24.3 Å². The Kier molecular flexibility index (Phi) is 5.39. The van der Waals surface area contributed by atoms with Gasteiger partial charge in [0.05, 0.1) is 30.0 Å². The fourth-order valence-electron chi connectivity index (χ4n) is 5.03. The average molecular weight is 456 g/mol. The Morgan fingerprint density at radius 2 is 1.79 bits per heavy atom. The zero-order chi connectivity index (χ0) is 23.1. The lowest BCUT2D eigenvalue weighted by atomic mass is 9.92. The molecule has 2 saturated carbocycles. The number of nitrogens with one attached hydrogen (secondary N) is 2. The topological polar surface area (TPSA) is 82.3 Å². The van der Waals surface area contributed by atoms with Crippen LogP contribution in [0.2, 0.25) is 0 Å². The van der Waals surface area contributed by atoms with E-state index in [-0.39, 0.29) is 6.03 Å². The van der Waals surface area contributed by atoms with Crippen molar-refractivity contribution in [3.8, 4) is 17.3 Å². The van der Waals surface area contributed by atoms with Gasteiger partial charge in [0.1, 0.15) is 6.07 Å². The maximum atomic E-state index is 12.1. The highest BCUT2D eigenvalue weighted by Gasteiger charge is 2.28. The highest BCUT2D eigenvalue weighted by atomic mass is 16.5. The minimum atomic E-state index is -0.160. The summed E-state index contributed by atoms with van der Waals surface area (Å²) < 4.78 is 7.89. The van der Waals surface area contributed by atoms with E-state index in [1.54, 1.807) is 0 Å². The van der Waals surface area contributed by atoms with Gasteiger partial charge in [-0.3, -0.25) is 0 Å². The summed E-state index contributed by atoms with van der Waals surface area (Å²) >= 11 is 0. The molecule has 2 heterocycles. The van der Waals surface area contributed by atoms with E-state index in [0.717, 1.165) is 91.1 Å². The van der Waals surface area contributed by atoms with E-state index in [0.29, 0.717) is 12.1 Å². The van der Waals surface area contributed by atoms with Crippen LogP contribution in [-0.4, -0.2) is 42.9 Å². The summed E-state index contributed by atoms with van der Waals surface area (Å²) in [6.07, 6.45) is 5.60. The molecule has 6 rings (SSSR count). The van der Waals surface area contributed by atoms with Crippen molar-refractivity contribution in [3.05, 3.63) is 48.0 Å². The van der Waals surface area contributed by atoms with Crippen LogP contribution in [0.25, 0.3) is 22.2 Å². The number of nitriles is 1. The van der Waals surface area contributed by atoms with Gasteiger partial charge in [-0.05, 0) is 68.0 Å². The fourth-order valence-corrected chi connectivity index (χ4v) is 5.03. The first-order valence-electron chi connectivity index (χ1n) is 12.3. The van der Waals surface area contributed by atoms with Crippen molar-refractivity contribution in [2.45, 2.75) is 44.2 Å². The quantitative estimate of drug-likeness (QED) is 0.566. The Morgan fingerprint density at radius 3 is 2.44 bits per heavy atom. The molecule has 3 aliphatic rings. The van der Waals surface area contributed by atoms with E-state index in [1.165, 1.54) is 6.42 Å². The molecule has 0 unspecified atom stereocenters. The molecule has 2 amide bonds. The summed E-state index contributed by atoms with van der Waals surface area (Å²) in [5, 5.41) is 17.1. The van der Waals surface area contributed by atoms with Crippen molar-refractivity contribution in [1.82, 2.24) is 9.88 Å². The fraction of sp³-hybridized carbons (Fsp3) is 0.407. The number of aromatic nitrogens is 1. The van der Waals surface area contributed by atoms with Gasteiger partial charge in [0, 0.05) is 41.9 Å². The van der Waals surface area contributed by atoms with Crippen LogP contribution in [-0.2, 0) is 4.74 Å². The van der Waals surface area contributed by atoms with Crippen molar-refractivity contribution in [2.24, 2.45) is 0 Å². The van der Waals surface area contributed by atoms with Crippen molar-refractivity contribution in [1.29, 1.82) is 5.26 Å². The van der Waals surface area contributed by atoms with Crippen molar-refractivity contribution in [3.63, 3.8) is 0 Å². The zero-order valence-electron chi connectivity index (χ0n) is 19.2. The van der Waals surface area contributed by atoms with Gasteiger partial charge in [0.25, 0.3) is 0 Å². The first-order valence-corrected chi connectivity index (χ1v) is 12.3. The maximum Gasteiger partial charge on any atom is 0.319 e. The van der Waals surface area contributed by atoms with Crippen molar-refractivity contribution >= 4 is 28.3 Å². The first kappa shape index (κ1) is 21.1. The second kappa shape index (κ2) is 8.69. The molecule has 0 atom stereocenters. The molecule has 1 saturated heterocycles. The predicted molar refractivity (Wildman–Crippen MR) is 133 cm³/mol. The summed E-state index contributed by atoms with van der Waals surface area (Å²) in [5.41, 5.74) is 5.73. The monoisotopic (exact) mass is 455 g/mol. The van der Waals surface area contributed by atoms with Gasteiger partial charge in [-0.2, -0.15) is 5.26 Å². The molecule has 174 valence electrons. The second-order valence-corrected chi connectivity index (χ2v) is 9.54. The van der Waals surface area contributed by atoms with Gasteiger partial charge < -0.3 is 24.8 Å². The third kappa shape index (κ3) is 3.88. The van der Waals surface area contributed by atoms with Gasteiger partial charge in [0.2, 0.25) is 0 Å². The van der Waals surface area contributed by atoms with Gasteiger partial charge in [0.15, 0.2) is 0 Å². The minimum absolute atomic E-state index is 0.160. The number of rotatable bonds is 5. The average Bonchev–Trinajstić information content (AvgIpc) is 3.59. The number of urea groups is 1. The zero-order valence-corrected chi connectivity index (χ0v) is 19.2. The molecule has 2 aliphatic carbocycles. The number of carbonyl (C=O) groups is 1. The van der Waals surface area contributed by atoms with Gasteiger partial charge in [-0.1, -0.05) is 12.1 Å². The molecule has 2 aromatic carbocycles. The maximum absolute atomic E-state index is 12.1. The van der Waals surface area contributed by atoms with Crippen LogP contribution in [0.15, 0.2) is 42.5 Å². The number of carbonyl (C=O) groups excluding carboxylic acids is 1. The normalized spacial score (nSPS) is 18.4. The lowest BCUT2D eigenvalue weighted by Gasteiger charge is -2.31. The summed E-state index contributed by atoms with van der Waals surface area (Å²) in [6, 6.07) is 17.5. The predicted octanol–water partition coefficient (Wildman–Crippen LogP) is 5.03. The Morgan fingerprint density at radius 1 is 1.03 bits per heavy atom. The molecule has 1 aliphatic heterocycles. The smallest absolute Gasteiger partial charge is 0.319 e. The molecule has 0 radical (unpaired) electrons. The molecule has 0 bridgehead atoms. The molecule has 1 aromatic heterocycles. The summed E-state index contributed by atoms with van der Waals surface area (Å²) in [6.45, 7) is 3.20. The molecule has 3 aromatic rings. The number of ether oxygens (including phenoxy) is 1. The van der Waals surface area contributed by atoms with E-state index in [4.69, 9.17) is 4.74 Å². The van der Waals surface area contributed by atoms with Crippen molar-refractivity contribution in [2.75, 3.05) is 36.5 Å². The number of anilines is 2. The number of morpholine rings is 1. The largest absolute Gasteiger partial charge is 0.378 e. The van der Waals surface area contributed by atoms with Crippen molar-refractivity contribution < 1.29 is 9.53 Å². The van der Waals surface area contributed by atoms with Gasteiger partial charge in [-0.25, -0.2) is 4.79 Å². The SMILES string of the molecule is N#Cc1c(-c2ccc(NC(=O)NC3CC3)cc2)n(C2CCC2)c2ccc(N3CCOCC3)cc12.